The number of aromatic nitrogens is 2. The fourth-order valence-corrected chi connectivity index (χ4v) is 4.01. The molecule has 1 saturated heterocycles. The van der Waals surface area contributed by atoms with Crippen LogP contribution in [0.25, 0.3) is 11.0 Å². The van der Waals surface area contributed by atoms with Gasteiger partial charge >= 0.3 is 0 Å². The van der Waals surface area contributed by atoms with Gasteiger partial charge in [0.05, 0.1) is 16.6 Å². The van der Waals surface area contributed by atoms with Gasteiger partial charge in [-0.3, -0.25) is 0 Å². The van der Waals surface area contributed by atoms with E-state index in [9.17, 15) is 0 Å². The Morgan fingerprint density at radius 2 is 2.39 bits per heavy atom. The molecule has 0 amide bonds. The van der Waals surface area contributed by atoms with E-state index in [-0.39, 0.29) is 0 Å². The number of H-pyrrole nitrogens is 1. The molecule has 1 unspecified atom stereocenters. The van der Waals surface area contributed by atoms with E-state index < -0.39 is 0 Å². The summed E-state index contributed by atoms with van der Waals surface area (Å²) in [5, 5.41) is 9.13. The lowest BCUT2D eigenvalue weighted by Gasteiger charge is -2.23. The van der Waals surface area contributed by atoms with Gasteiger partial charge in [0.2, 0.25) is 0 Å². The molecule has 5 heteroatoms. The molecule has 3 rings (SSSR count). The van der Waals surface area contributed by atoms with Gasteiger partial charge in [0.15, 0.2) is 4.77 Å². The van der Waals surface area contributed by atoms with Crippen molar-refractivity contribution >= 4 is 35.0 Å². The van der Waals surface area contributed by atoms with Crippen molar-refractivity contribution in [3.63, 3.8) is 0 Å². The number of aromatic amines is 1. The summed E-state index contributed by atoms with van der Waals surface area (Å²) < 4.78 is 2.93. The normalized spacial score (nSPS) is 19.8. The Bertz CT molecular complexity index is 672. The molecule has 0 aliphatic carbocycles. The summed E-state index contributed by atoms with van der Waals surface area (Å²) in [4.78, 5) is 3.19. The molecule has 1 aromatic carbocycles. The Morgan fingerprint density at radius 3 is 3.11 bits per heavy atom. The quantitative estimate of drug-likeness (QED) is 0.808. The average Bonchev–Trinajstić information content (AvgIpc) is 2.75. The van der Waals surface area contributed by atoms with Crippen LogP contribution in [0.5, 0.6) is 0 Å². The first-order valence-corrected chi connectivity index (χ1v) is 7.58. The minimum absolute atomic E-state index is 0.457. The van der Waals surface area contributed by atoms with E-state index in [4.69, 9.17) is 17.5 Å². The third kappa shape index (κ3) is 1.86. The van der Waals surface area contributed by atoms with Crippen molar-refractivity contribution < 1.29 is 0 Å². The van der Waals surface area contributed by atoms with Crippen LogP contribution in [0.2, 0.25) is 0 Å². The summed E-state index contributed by atoms with van der Waals surface area (Å²) in [6.45, 7) is 0. The first-order valence-electron chi connectivity index (χ1n) is 6.02. The van der Waals surface area contributed by atoms with Crippen LogP contribution < -0.4 is 0 Å². The number of nitrogens with one attached hydrogen (secondary N) is 1. The highest BCUT2D eigenvalue weighted by Crippen LogP contribution is 2.30. The number of hydrogen-bond acceptors (Lipinski definition) is 3. The molecule has 0 bridgehead atoms. The number of rotatable bonds is 1. The Morgan fingerprint density at radius 1 is 1.50 bits per heavy atom. The van der Waals surface area contributed by atoms with E-state index in [0.29, 0.717) is 11.6 Å². The smallest absolute Gasteiger partial charge is 0.178 e. The molecule has 18 heavy (non-hydrogen) atoms. The summed E-state index contributed by atoms with van der Waals surface area (Å²) >= 11 is 7.41. The topological polar surface area (TPSA) is 44.5 Å². The molecule has 3 nitrogen and oxygen atoms in total. The zero-order valence-corrected chi connectivity index (χ0v) is 11.5. The van der Waals surface area contributed by atoms with Crippen molar-refractivity contribution in [1.29, 1.82) is 5.26 Å². The predicted octanol–water partition coefficient (Wildman–Crippen LogP) is 3.64. The zero-order valence-electron chi connectivity index (χ0n) is 9.85. The number of hydrogen-bond donors (Lipinski definition) is 1. The van der Waals surface area contributed by atoms with Crippen molar-refractivity contribution in [1.82, 2.24) is 9.55 Å². The van der Waals surface area contributed by atoms with Crippen LogP contribution in [0.3, 0.4) is 0 Å². The number of thioether (sulfide) groups is 1. The van der Waals surface area contributed by atoms with E-state index in [2.05, 4.69) is 15.6 Å². The monoisotopic (exact) mass is 275 g/mol. The molecule has 0 radical (unpaired) electrons. The third-order valence-corrected chi connectivity index (χ3v) is 4.87. The summed E-state index contributed by atoms with van der Waals surface area (Å²) in [7, 11) is 0. The minimum atomic E-state index is 0.457. The van der Waals surface area contributed by atoms with Crippen molar-refractivity contribution in [2.24, 2.45) is 0 Å². The lowest BCUT2D eigenvalue weighted by atomic mass is 10.1. The number of nitrogens with zero attached hydrogens (tertiary/aromatic N) is 2. The number of fused-ring (bicyclic) bond motifs is 1. The molecule has 1 fully saturated rings. The van der Waals surface area contributed by atoms with Gasteiger partial charge in [-0.15, -0.1) is 0 Å². The predicted molar refractivity (Wildman–Crippen MR) is 77.4 cm³/mol. The molecule has 2 aromatic rings. The zero-order chi connectivity index (χ0) is 12.5. The van der Waals surface area contributed by atoms with Crippen molar-refractivity contribution in [2.75, 3.05) is 11.5 Å². The summed E-state index contributed by atoms with van der Waals surface area (Å²) in [5.41, 5.74) is 2.60. The van der Waals surface area contributed by atoms with Gasteiger partial charge in [-0.2, -0.15) is 17.0 Å². The Hall–Kier alpha value is -1.25. The maximum Gasteiger partial charge on any atom is 0.178 e. The third-order valence-electron chi connectivity index (χ3n) is 3.37. The van der Waals surface area contributed by atoms with Gasteiger partial charge < -0.3 is 9.55 Å². The first kappa shape index (κ1) is 11.8. The maximum absolute atomic E-state index is 9.13. The highest BCUT2D eigenvalue weighted by molar-refractivity contribution is 7.99. The van der Waals surface area contributed by atoms with E-state index in [1.54, 1.807) is 0 Å². The summed E-state index contributed by atoms with van der Waals surface area (Å²) in [6, 6.07) is 8.47. The van der Waals surface area contributed by atoms with E-state index in [0.717, 1.165) is 21.6 Å². The number of para-hydroxylation sites is 1. The van der Waals surface area contributed by atoms with Crippen LogP contribution in [-0.2, 0) is 0 Å². The van der Waals surface area contributed by atoms with Crippen LogP contribution in [0, 0.1) is 16.1 Å². The van der Waals surface area contributed by atoms with Crippen LogP contribution in [0.15, 0.2) is 18.2 Å². The Balaban J connectivity index is 2.20. The molecular weight excluding hydrogens is 262 g/mol. The lowest BCUT2D eigenvalue weighted by molar-refractivity contribution is 0.506. The van der Waals surface area contributed by atoms with Crippen molar-refractivity contribution in [3.05, 3.63) is 28.5 Å². The number of benzene rings is 1. The van der Waals surface area contributed by atoms with E-state index >= 15 is 0 Å². The average molecular weight is 275 g/mol. The second-order valence-electron chi connectivity index (χ2n) is 4.48. The summed E-state index contributed by atoms with van der Waals surface area (Å²) in [6.07, 6.45) is 2.41. The van der Waals surface area contributed by atoms with Gasteiger partial charge in [0.25, 0.3) is 0 Å². The summed E-state index contributed by atoms with van der Waals surface area (Å²) in [5.74, 6) is 2.35. The van der Waals surface area contributed by atoms with Crippen LogP contribution in [-0.4, -0.2) is 21.1 Å². The van der Waals surface area contributed by atoms with Gasteiger partial charge in [-0.25, -0.2) is 0 Å². The van der Waals surface area contributed by atoms with Crippen molar-refractivity contribution in [2.45, 2.75) is 18.9 Å². The molecule has 1 aliphatic heterocycles. The SMILES string of the molecule is N#Cc1cccc2c1[nH]c(=S)n2C1CCCSC1. The molecule has 1 N–H and O–H groups in total. The van der Waals surface area contributed by atoms with Crippen LogP contribution in [0.1, 0.15) is 24.4 Å². The van der Waals surface area contributed by atoms with Crippen LogP contribution in [0.4, 0.5) is 0 Å². The fourth-order valence-electron chi connectivity index (χ4n) is 2.53. The molecule has 1 aromatic heterocycles. The van der Waals surface area contributed by atoms with Gasteiger partial charge in [0.1, 0.15) is 6.07 Å². The minimum Gasteiger partial charge on any atom is -0.329 e. The molecule has 0 saturated carbocycles. The van der Waals surface area contributed by atoms with Gasteiger partial charge in [-0.05, 0) is 42.9 Å². The van der Waals surface area contributed by atoms with Gasteiger partial charge in [-0.1, -0.05) is 6.07 Å². The standard InChI is InChI=1S/C13H13N3S2/c14-7-9-3-1-5-11-12(9)15-13(17)16(11)10-4-2-6-18-8-10/h1,3,5,10H,2,4,6,8H2,(H,15,17). The highest BCUT2D eigenvalue weighted by atomic mass is 32.2. The van der Waals surface area contributed by atoms with Crippen LogP contribution >= 0.6 is 24.0 Å². The molecule has 2 heterocycles. The second kappa shape index (κ2) is 4.79. The highest BCUT2D eigenvalue weighted by Gasteiger charge is 2.19. The molecule has 92 valence electrons. The molecule has 0 spiro atoms. The largest absolute Gasteiger partial charge is 0.329 e. The molecule has 1 aliphatic rings. The van der Waals surface area contributed by atoms with E-state index in [1.165, 1.54) is 18.6 Å². The second-order valence-corrected chi connectivity index (χ2v) is 6.02. The van der Waals surface area contributed by atoms with Gasteiger partial charge in [0, 0.05) is 11.8 Å². The first-order chi connectivity index (χ1) is 8.81. The van der Waals surface area contributed by atoms with Crippen molar-refractivity contribution in [3.8, 4) is 6.07 Å². The molecular formula is C13H13N3S2. The Labute approximate surface area is 115 Å². The number of imidazole rings is 1. The molecule has 1 atom stereocenters. The fraction of sp³-hybridized carbons (Fsp3) is 0.385. The van der Waals surface area contributed by atoms with E-state index in [1.807, 2.05) is 30.0 Å². The lowest BCUT2D eigenvalue weighted by Crippen LogP contribution is -2.16. The number of nitriles is 1. The Kier molecular flexibility index (Phi) is 3.14. The maximum atomic E-state index is 9.13.